The molecule has 0 aliphatic carbocycles. The van der Waals surface area contributed by atoms with E-state index >= 15 is 0 Å². The molecule has 2 N–H and O–H groups in total. The van der Waals surface area contributed by atoms with E-state index in [4.69, 9.17) is 4.74 Å². The van der Waals surface area contributed by atoms with Crippen LogP contribution in [0.1, 0.15) is 57.1 Å². The Balaban J connectivity index is 1.57. The van der Waals surface area contributed by atoms with Crippen molar-refractivity contribution in [3.8, 4) is 0 Å². The summed E-state index contributed by atoms with van der Waals surface area (Å²) in [7, 11) is 0. The fourth-order valence-electron chi connectivity index (χ4n) is 3.97. The van der Waals surface area contributed by atoms with Crippen molar-refractivity contribution in [2.24, 2.45) is 5.92 Å². The molecule has 1 aromatic carbocycles. The number of hydrogen-bond acceptors (Lipinski definition) is 6. The Morgan fingerprint density at radius 2 is 1.94 bits per heavy atom. The van der Waals surface area contributed by atoms with Gasteiger partial charge in [-0.1, -0.05) is 32.0 Å². The van der Waals surface area contributed by atoms with Gasteiger partial charge >= 0.3 is 6.09 Å². The summed E-state index contributed by atoms with van der Waals surface area (Å²) in [6.07, 6.45) is 0.880. The highest BCUT2D eigenvalue weighted by Crippen LogP contribution is 2.25. The largest absolute Gasteiger partial charge is 0.444 e. The van der Waals surface area contributed by atoms with Gasteiger partial charge in [0.2, 0.25) is 5.91 Å². The molecule has 1 aromatic heterocycles. The molecular weight excluding hydrogens is 482 g/mol. The van der Waals surface area contributed by atoms with Crippen molar-refractivity contribution in [3.63, 3.8) is 0 Å². The second-order valence-corrected chi connectivity index (χ2v) is 12.5. The van der Waals surface area contributed by atoms with Gasteiger partial charge < -0.3 is 20.3 Å². The van der Waals surface area contributed by atoms with Crippen LogP contribution in [0.5, 0.6) is 0 Å². The van der Waals surface area contributed by atoms with Crippen LogP contribution in [0, 0.1) is 5.92 Å². The second kappa shape index (κ2) is 12.1. The van der Waals surface area contributed by atoms with Crippen molar-refractivity contribution in [2.75, 3.05) is 24.6 Å². The number of thioether (sulfide) groups is 1. The van der Waals surface area contributed by atoms with E-state index in [9.17, 15) is 14.4 Å². The zero-order chi connectivity index (χ0) is 25.6. The third kappa shape index (κ3) is 8.14. The molecule has 192 valence electrons. The van der Waals surface area contributed by atoms with Gasteiger partial charge in [-0.15, -0.1) is 11.3 Å². The highest BCUT2D eigenvalue weighted by atomic mass is 32.2. The predicted molar refractivity (Wildman–Crippen MR) is 144 cm³/mol. The molecule has 1 aliphatic rings. The van der Waals surface area contributed by atoms with Crippen LogP contribution < -0.4 is 10.6 Å². The Kier molecular flexibility index (Phi) is 9.47. The van der Waals surface area contributed by atoms with Gasteiger partial charge in [-0.05, 0) is 57.0 Å². The van der Waals surface area contributed by atoms with Crippen LogP contribution in [0.3, 0.4) is 0 Å². The molecule has 2 atom stereocenters. The zero-order valence-electron chi connectivity index (χ0n) is 21.3. The van der Waals surface area contributed by atoms with Crippen LogP contribution >= 0.6 is 23.1 Å². The van der Waals surface area contributed by atoms with Crippen LogP contribution in [-0.4, -0.2) is 65.1 Å². The van der Waals surface area contributed by atoms with Crippen LogP contribution in [0.25, 0.3) is 10.1 Å². The average molecular weight is 520 g/mol. The van der Waals surface area contributed by atoms with Gasteiger partial charge in [-0.2, -0.15) is 11.8 Å². The molecule has 7 nitrogen and oxygen atoms in total. The fraction of sp³-hybridized carbons (Fsp3) is 0.577. The van der Waals surface area contributed by atoms with Gasteiger partial charge in [0.05, 0.1) is 4.88 Å². The van der Waals surface area contributed by atoms with E-state index in [0.717, 1.165) is 21.6 Å². The summed E-state index contributed by atoms with van der Waals surface area (Å²) in [6.45, 7) is 10.7. The third-order valence-corrected chi connectivity index (χ3v) is 7.82. The number of rotatable bonds is 8. The van der Waals surface area contributed by atoms with Gasteiger partial charge in [0.1, 0.15) is 11.6 Å². The Bertz CT molecular complexity index is 998. The predicted octanol–water partition coefficient (Wildman–Crippen LogP) is 4.90. The summed E-state index contributed by atoms with van der Waals surface area (Å²) in [5, 5.41) is 6.95. The Morgan fingerprint density at radius 1 is 1.20 bits per heavy atom. The highest BCUT2D eigenvalue weighted by Gasteiger charge is 2.31. The first-order valence-electron chi connectivity index (χ1n) is 12.2. The van der Waals surface area contributed by atoms with Gasteiger partial charge in [-0.3, -0.25) is 9.59 Å². The molecule has 1 fully saturated rings. The molecule has 2 aromatic rings. The normalized spacial score (nSPS) is 17.3. The van der Waals surface area contributed by atoms with Crippen LogP contribution in [-0.2, 0) is 9.53 Å². The molecule has 2 heterocycles. The van der Waals surface area contributed by atoms with E-state index in [1.165, 1.54) is 11.3 Å². The third-order valence-electron chi connectivity index (χ3n) is 5.61. The van der Waals surface area contributed by atoms with Gasteiger partial charge in [-0.25, -0.2) is 4.79 Å². The number of carbonyl (C=O) groups excluding carboxylic acids is 3. The first kappa shape index (κ1) is 27.3. The molecule has 0 saturated carbocycles. The summed E-state index contributed by atoms with van der Waals surface area (Å²) >= 11 is 3.23. The lowest BCUT2D eigenvalue weighted by molar-refractivity contribution is -0.123. The number of hydrogen-bond donors (Lipinski definition) is 2. The topological polar surface area (TPSA) is 87.7 Å². The van der Waals surface area contributed by atoms with Gasteiger partial charge in [0.25, 0.3) is 5.91 Å². The van der Waals surface area contributed by atoms with Crippen molar-refractivity contribution in [1.29, 1.82) is 0 Å². The SMILES string of the molecule is CC(C)C[C@H](NC(=O)c1cc2ccccc2s1)C(=O)NCCC1CSCCN1C(=O)OC(C)(C)C. The molecule has 9 heteroatoms. The molecule has 3 amide bonds. The van der Waals surface area contributed by atoms with E-state index in [1.54, 1.807) is 16.7 Å². The maximum Gasteiger partial charge on any atom is 0.410 e. The first-order chi connectivity index (χ1) is 16.5. The summed E-state index contributed by atoms with van der Waals surface area (Å²) < 4.78 is 6.61. The van der Waals surface area contributed by atoms with Crippen LogP contribution in [0.15, 0.2) is 30.3 Å². The maximum absolute atomic E-state index is 13.0. The number of ether oxygens (including phenoxy) is 1. The monoisotopic (exact) mass is 519 g/mol. The molecule has 1 saturated heterocycles. The number of nitrogens with zero attached hydrogens (tertiary/aromatic N) is 1. The van der Waals surface area contributed by atoms with Crippen LogP contribution in [0.2, 0.25) is 0 Å². The molecule has 0 spiro atoms. The summed E-state index contributed by atoms with van der Waals surface area (Å²) in [5.41, 5.74) is -0.545. The van der Waals surface area contributed by atoms with Gasteiger partial charge in [0.15, 0.2) is 0 Å². The minimum atomic E-state index is -0.615. The number of fused-ring (bicyclic) bond motifs is 1. The molecule has 0 radical (unpaired) electrons. The van der Waals surface area contributed by atoms with E-state index < -0.39 is 11.6 Å². The van der Waals surface area contributed by atoms with Gasteiger partial charge in [0, 0.05) is 35.3 Å². The number of nitrogens with one attached hydrogen (secondary N) is 2. The zero-order valence-corrected chi connectivity index (χ0v) is 22.9. The average Bonchev–Trinajstić information content (AvgIpc) is 3.22. The number of thiophene rings is 1. The Morgan fingerprint density at radius 3 is 2.63 bits per heavy atom. The van der Waals surface area contributed by atoms with Crippen LogP contribution in [0.4, 0.5) is 4.79 Å². The van der Waals surface area contributed by atoms with Crippen molar-refractivity contribution < 1.29 is 19.1 Å². The fourth-order valence-corrected chi connectivity index (χ4v) is 6.04. The number of amides is 3. The number of benzene rings is 1. The lowest BCUT2D eigenvalue weighted by atomic mass is 10.0. The number of carbonyl (C=O) groups is 3. The standard InChI is InChI=1S/C26H37N3O4S2/c1-17(2)14-20(28-24(31)22-15-18-8-6-7-9-21(18)35-22)23(30)27-11-10-19-16-34-13-12-29(19)25(32)33-26(3,4)5/h6-9,15,17,19-20H,10-14,16H2,1-5H3,(H,27,30)(H,28,31)/t19?,20-/m0/s1. The van der Waals surface area contributed by atoms with Crippen molar-refractivity contribution >= 4 is 51.1 Å². The molecule has 35 heavy (non-hydrogen) atoms. The Hall–Kier alpha value is -2.26. The molecule has 0 bridgehead atoms. The van der Waals surface area contributed by atoms with E-state index in [0.29, 0.717) is 30.8 Å². The smallest absolute Gasteiger partial charge is 0.410 e. The van der Waals surface area contributed by atoms with Crippen molar-refractivity contribution in [1.82, 2.24) is 15.5 Å². The minimum absolute atomic E-state index is 0.000545. The highest BCUT2D eigenvalue weighted by molar-refractivity contribution is 7.99. The lowest BCUT2D eigenvalue weighted by Gasteiger charge is -2.36. The second-order valence-electron chi connectivity index (χ2n) is 10.3. The van der Waals surface area contributed by atoms with Crippen molar-refractivity contribution in [2.45, 2.75) is 65.1 Å². The maximum atomic E-state index is 13.0. The molecule has 1 aliphatic heterocycles. The lowest BCUT2D eigenvalue weighted by Crippen LogP contribution is -2.51. The summed E-state index contributed by atoms with van der Waals surface area (Å²) in [4.78, 5) is 41.0. The van der Waals surface area contributed by atoms with Crippen molar-refractivity contribution in [3.05, 3.63) is 35.2 Å². The Labute approximate surface area is 216 Å². The van der Waals surface area contributed by atoms with E-state index in [1.807, 2.05) is 65.0 Å². The summed E-state index contributed by atoms with van der Waals surface area (Å²) in [5.74, 6) is 1.51. The molecule has 1 unspecified atom stereocenters. The summed E-state index contributed by atoms with van der Waals surface area (Å²) in [6, 6.07) is 9.11. The van der Waals surface area contributed by atoms with E-state index in [2.05, 4.69) is 10.6 Å². The quantitative estimate of drug-likeness (QED) is 0.518. The first-order valence-corrected chi connectivity index (χ1v) is 14.1. The van der Waals surface area contributed by atoms with E-state index in [-0.39, 0.29) is 29.9 Å². The molecule has 3 rings (SSSR count). The minimum Gasteiger partial charge on any atom is -0.444 e. The molecular formula is C26H37N3O4S2.